The fourth-order valence-corrected chi connectivity index (χ4v) is 3.15. The van der Waals surface area contributed by atoms with Crippen LogP contribution >= 0.6 is 0 Å². The molecule has 3 heteroatoms. The molecular weight excluding hydrogens is 294 g/mol. The first-order chi connectivity index (χ1) is 15.5. The Morgan fingerprint density at radius 3 is 3.04 bits per heavy atom. The molecule has 1 aliphatic rings. The molecule has 0 bridgehead atoms. The van der Waals surface area contributed by atoms with Crippen molar-refractivity contribution in [1.29, 1.82) is 0 Å². The van der Waals surface area contributed by atoms with E-state index in [2.05, 4.69) is 4.98 Å². The van der Waals surface area contributed by atoms with Crippen LogP contribution in [0, 0.1) is 13.8 Å². The number of pyridine rings is 1. The minimum Gasteiger partial charge on any atom is -0.344 e. The molecule has 0 radical (unpaired) electrons. The maximum Gasteiger partial charge on any atom is 0.0501 e. The Morgan fingerprint density at radius 1 is 1.29 bits per heavy atom. The van der Waals surface area contributed by atoms with Crippen molar-refractivity contribution in [3.63, 3.8) is 0 Å². The second-order valence-corrected chi connectivity index (χ2v) is 6.09. The van der Waals surface area contributed by atoms with Crippen molar-refractivity contribution in [2.24, 2.45) is 0 Å². The maximum absolute atomic E-state index is 8.94. The minimum absolute atomic E-state index is 0.0229. The number of aryl methyl sites for hydroxylation is 4. The highest BCUT2D eigenvalue weighted by atomic mass is 15.1. The lowest BCUT2D eigenvalue weighted by molar-refractivity contribution is 0.309. The zero-order chi connectivity index (χ0) is 25.3. The van der Waals surface area contributed by atoms with Gasteiger partial charge in [-0.05, 0) is 56.5 Å². The second-order valence-electron chi connectivity index (χ2n) is 6.09. The van der Waals surface area contributed by atoms with E-state index in [0.717, 1.165) is 0 Å². The van der Waals surface area contributed by atoms with E-state index in [0.29, 0.717) is 27.9 Å². The van der Waals surface area contributed by atoms with Gasteiger partial charge in [-0.3, -0.25) is 4.98 Å². The van der Waals surface area contributed by atoms with E-state index >= 15 is 0 Å². The Kier molecular flexibility index (Phi) is 1.98. The van der Waals surface area contributed by atoms with Crippen molar-refractivity contribution in [3.05, 3.63) is 64.6 Å². The smallest absolute Gasteiger partial charge is 0.0501 e. The average molecular weight is 330 g/mol. The first-order valence-corrected chi connectivity index (χ1v) is 7.90. The second kappa shape index (κ2) is 6.06. The van der Waals surface area contributed by atoms with Gasteiger partial charge in [0, 0.05) is 65.5 Å². The van der Waals surface area contributed by atoms with Crippen LogP contribution in [0.2, 0.25) is 0 Å². The van der Waals surface area contributed by atoms with Crippen molar-refractivity contribution in [2.75, 3.05) is 13.5 Å². The van der Waals surface area contributed by atoms with E-state index in [4.69, 9.17) is 13.7 Å². The molecule has 0 unspecified atom stereocenters. The van der Waals surface area contributed by atoms with Crippen molar-refractivity contribution in [3.8, 4) is 0 Å². The summed E-state index contributed by atoms with van der Waals surface area (Å²) in [5.74, 6) is 0. The van der Waals surface area contributed by atoms with Crippen LogP contribution in [0.3, 0.4) is 0 Å². The molecule has 1 aliphatic heterocycles. The summed E-state index contributed by atoms with van der Waals surface area (Å²) in [4.78, 5) is 5.40. The molecule has 24 heavy (non-hydrogen) atoms. The lowest BCUT2D eigenvalue weighted by atomic mass is 10.0. The van der Waals surface area contributed by atoms with Gasteiger partial charge in [-0.2, -0.15) is 0 Å². The number of hydrogen-bond donors (Lipinski definition) is 0. The standard InChI is InChI=1S/C21H25N3/c1-15-4-7-20-18(12-15)19-14-23(3)10-9-21(19)24(20)11-8-17-6-5-16(2)22-13-17/h4-7,12-13H,8-11,14H2,1-3H3/i1D3,3D3,8D2,11D2. The van der Waals surface area contributed by atoms with Gasteiger partial charge < -0.3 is 9.47 Å². The lowest BCUT2D eigenvalue weighted by Crippen LogP contribution is -2.27. The van der Waals surface area contributed by atoms with Gasteiger partial charge in [0.05, 0.1) is 2.74 Å². The molecule has 3 heterocycles. The normalized spacial score (nSPS) is 23.4. The first-order valence-electron chi connectivity index (χ1n) is 12.9. The van der Waals surface area contributed by atoms with Gasteiger partial charge in [0.15, 0.2) is 0 Å². The monoisotopic (exact) mass is 329 g/mol. The minimum atomic E-state index is -2.58. The molecule has 3 nitrogen and oxygen atoms in total. The molecule has 1 aromatic carbocycles. The molecule has 2 aromatic heterocycles. The number of rotatable bonds is 3. The highest BCUT2D eigenvalue weighted by molar-refractivity contribution is 5.86. The van der Waals surface area contributed by atoms with Gasteiger partial charge in [0.2, 0.25) is 0 Å². The third-order valence-electron chi connectivity index (χ3n) is 4.37. The number of aromatic nitrogens is 2. The molecule has 0 N–H and O–H groups in total. The largest absolute Gasteiger partial charge is 0.344 e. The van der Waals surface area contributed by atoms with Gasteiger partial charge in [-0.25, -0.2) is 0 Å². The molecular formula is C21H25N3. The Morgan fingerprint density at radius 2 is 2.25 bits per heavy atom. The highest BCUT2D eigenvalue weighted by Gasteiger charge is 2.22. The number of hydrogen-bond acceptors (Lipinski definition) is 2. The zero-order valence-corrected chi connectivity index (χ0v) is 13.4. The van der Waals surface area contributed by atoms with Crippen molar-refractivity contribution in [1.82, 2.24) is 14.5 Å². The van der Waals surface area contributed by atoms with E-state index in [1.807, 2.05) is 0 Å². The Hall–Kier alpha value is -2.13. The lowest BCUT2D eigenvalue weighted by Gasteiger charge is -2.24. The summed E-state index contributed by atoms with van der Waals surface area (Å²) >= 11 is 0. The summed E-state index contributed by atoms with van der Waals surface area (Å²) in [6, 6.07) is 7.43. The molecule has 3 aromatic rings. The van der Waals surface area contributed by atoms with Crippen molar-refractivity contribution in [2.45, 2.75) is 39.6 Å². The molecule has 0 amide bonds. The van der Waals surface area contributed by atoms with Gasteiger partial charge in [-0.15, -0.1) is 0 Å². The fraction of sp³-hybridized carbons (Fsp3) is 0.381. The van der Waals surface area contributed by atoms with E-state index in [9.17, 15) is 0 Å². The van der Waals surface area contributed by atoms with Gasteiger partial charge in [0.1, 0.15) is 0 Å². The summed E-state index contributed by atoms with van der Waals surface area (Å²) in [6.07, 6.45) is -1.00. The van der Waals surface area contributed by atoms with E-state index in [1.165, 1.54) is 39.9 Å². The first kappa shape index (κ1) is 7.83. The van der Waals surface area contributed by atoms with Gasteiger partial charge >= 0.3 is 0 Å². The van der Waals surface area contributed by atoms with Crippen molar-refractivity contribution < 1.29 is 13.7 Å². The van der Waals surface area contributed by atoms with E-state index in [-0.39, 0.29) is 30.6 Å². The van der Waals surface area contributed by atoms with Crippen LogP contribution in [0.1, 0.15) is 41.8 Å². The predicted molar refractivity (Wildman–Crippen MR) is 99.4 cm³/mol. The maximum atomic E-state index is 8.94. The van der Waals surface area contributed by atoms with Crippen LogP contribution in [0.4, 0.5) is 0 Å². The topological polar surface area (TPSA) is 21.1 Å². The number of benzene rings is 1. The molecule has 0 aliphatic carbocycles. The predicted octanol–water partition coefficient (Wildman–Crippen LogP) is 3.88. The third-order valence-corrected chi connectivity index (χ3v) is 4.37. The van der Waals surface area contributed by atoms with Gasteiger partial charge in [0.25, 0.3) is 0 Å². The van der Waals surface area contributed by atoms with Crippen LogP contribution < -0.4 is 0 Å². The summed E-state index contributed by atoms with van der Waals surface area (Å²) in [5, 5.41) is 0.416. The van der Waals surface area contributed by atoms with Gasteiger partial charge in [-0.1, -0.05) is 17.7 Å². The Balaban J connectivity index is 1.97. The Bertz CT molecular complexity index is 1220. The van der Waals surface area contributed by atoms with E-state index < -0.39 is 26.7 Å². The van der Waals surface area contributed by atoms with Crippen LogP contribution in [-0.2, 0) is 25.8 Å². The number of likely N-dealkylation sites (N-methyl/N-ethyl adjacent to an activating group) is 1. The zero-order valence-electron chi connectivity index (χ0n) is 23.4. The third kappa shape index (κ3) is 2.73. The summed E-state index contributed by atoms with van der Waals surface area (Å²) in [5.41, 5.74) is 2.08. The molecule has 0 saturated carbocycles. The molecule has 0 fully saturated rings. The number of nitrogens with zero attached hydrogens (tertiary/aromatic N) is 3. The fourth-order valence-electron chi connectivity index (χ4n) is 3.15. The quantitative estimate of drug-likeness (QED) is 0.727. The van der Waals surface area contributed by atoms with Crippen LogP contribution in [0.15, 0.2) is 36.5 Å². The summed E-state index contributed by atoms with van der Waals surface area (Å²) < 4.78 is 83.3. The molecule has 0 spiro atoms. The highest BCUT2D eigenvalue weighted by Crippen LogP contribution is 2.31. The molecule has 0 atom stereocenters. The SMILES string of the molecule is [2H]C([2H])([2H])c1ccc2c(c1)c1c(n2C([2H])([2H])C([2H])([2H])c2ccc(C)nc2)CCN(C([2H])([2H])[2H])C1. The Labute approximate surface area is 158 Å². The summed E-state index contributed by atoms with van der Waals surface area (Å²) in [7, 11) is 0. The number of fused-ring (bicyclic) bond motifs is 3. The van der Waals surface area contributed by atoms with E-state index in [1.54, 1.807) is 13.0 Å². The van der Waals surface area contributed by atoms with Crippen LogP contribution in [0.25, 0.3) is 10.9 Å². The summed E-state index contributed by atoms with van der Waals surface area (Å²) in [6.45, 7) is -5.48. The molecule has 0 saturated heterocycles. The van der Waals surface area contributed by atoms with Crippen LogP contribution in [0.5, 0.6) is 0 Å². The average Bonchev–Trinajstić information content (AvgIpc) is 3.06. The van der Waals surface area contributed by atoms with Crippen molar-refractivity contribution >= 4 is 10.9 Å². The van der Waals surface area contributed by atoms with Crippen LogP contribution in [-0.4, -0.2) is 28.0 Å². The molecule has 124 valence electrons. The molecule has 4 rings (SSSR count).